The van der Waals surface area contributed by atoms with Gasteiger partial charge in [0.15, 0.2) is 0 Å². The number of methoxy groups -OCH3 is 1. The van der Waals surface area contributed by atoms with Crippen LogP contribution in [0.3, 0.4) is 0 Å². The molecular formula is C27H25N5O4. The predicted molar refractivity (Wildman–Crippen MR) is 131 cm³/mol. The van der Waals surface area contributed by atoms with Gasteiger partial charge in [-0.05, 0) is 36.6 Å². The van der Waals surface area contributed by atoms with Crippen molar-refractivity contribution < 1.29 is 19.1 Å². The molecule has 9 heteroatoms. The van der Waals surface area contributed by atoms with Crippen molar-refractivity contribution in [2.24, 2.45) is 10.9 Å². The molecule has 2 heterocycles. The van der Waals surface area contributed by atoms with Crippen LogP contribution in [0.2, 0.25) is 0 Å². The van der Waals surface area contributed by atoms with E-state index in [4.69, 9.17) is 4.74 Å². The van der Waals surface area contributed by atoms with Crippen LogP contribution >= 0.6 is 0 Å². The third-order valence-corrected chi connectivity index (χ3v) is 6.57. The number of ether oxygens (including phenoxy) is 1. The zero-order valence-electron chi connectivity index (χ0n) is 19.7. The van der Waals surface area contributed by atoms with Crippen molar-refractivity contribution in [1.29, 1.82) is 5.26 Å². The van der Waals surface area contributed by atoms with E-state index in [1.807, 2.05) is 18.2 Å². The maximum Gasteiger partial charge on any atom is 0.274 e. The number of aromatic nitrogens is 1. The molecule has 1 saturated carbocycles. The van der Waals surface area contributed by atoms with Crippen molar-refractivity contribution in [3.63, 3.8) is 0 Å². The number of H-pyrrole nitrogens is 1. The monoisotopic (exact) mass is 483 g/mol. The van der Waals surface area contributed by atoms with Crippen molar-refractivity contribution in [3.05, 3.63) is 64.8 Å². The van der Waals surface area contributed by atoms with Crippen molar-refractivity contribution in [2.75, 3.05) is 7.11 Å². The zero-order valence-corrected chi connectivity index (χ0v) is 19.7. The highest BCUT2D eigenvalue weighted by Crippen LogP contribution is 2.34. The fourth-order valence-electron chi connectivity index (χ4n) is 4.50. The first kappa shape index (κ1) is 23.3. The van der Waals surface area contributed by atoms with E-state index < -0.39 is 29.8 Å². The van der Waals surface area contributed by atoms with Gasteiger partial charge in [-0.1, -0.05) is 37.1 Å². The predicted octanol–water partition coefficient (Wildman–Crippen LogP) is 1.48. The molecule has 0 spiro atoms. The molecule has 5 rings (SSSR count). The van der Waals surface area contributed by atoms with Crippen molar-refractivity contribution in [1.82, 2.24) is 15.6 Å². The summed E-state index contributed by atoms with van der Waals surface area (Å²) in [7, 11) is 1.56. The van der Waals surface area contributed by atoms with Crippen LogP contribution in [0.25, 0.3) is 16.5 Å². The first-order valence-corrected chi connectivity index (χ1v) is 11.8. The molecule has 0 bridgehead atoms. The van der Waals surface area contributed by atoms with E-state index in [0.29, 0.717) is 39.9 Å². The van der Waals surface area contributed by atoms with E-state index in [1.165, 1.54) is 0 Å². The number of nitrogens with one attached hydrogen (secondary N) is 3. The molecule has 1 aromatic heterocycles. The normalized spacial score (nSPS) is 16.0. The third-order valence-electron chi connectivity index (χ3n) is 6.57. The summed E-state index contributed by atoms with van der Waals surface area (Å²) >= 11 is 0. The lowest BCUT2D eigenvalue weighted by molar-refractivity contribution is -0.123. The summed E-state index contributed by atoms with van der Waals surface area (Å²) in [5.41, 5.74) is 1.45. The van der Waals surface area contributed by atoms with Crippen molar-refractivity contribution >= 4 is 34.2 Å². The van der Waals surface area contributed by atoms with Gasteiger partial charge in [0, 0.05) is 28.1 Å². The minimum absolute atomic E-state index is 0.0352. The van der Waals surface area contributed by atoms with Gasteiger partial charge in [0.05, 0.1) is 18.5 Å². The molecule has 0 saturated heterocycles. The van der Waals surface area contributed by atoms with Gasteiger partial charge in [-0.15, -0.1) is 0 Å². The molecule has 1 aliphatic carbocycles. The topological polar surface area (TPSA) is 136 Å². The SMILES string of the molecule is COc1cccc2[nH]c(C(=O)NC(CC3CC3)C(=O)NC(C#N)CC3=c4ccccc4=NC3=O)cc12. The fourth-order valence-corrected chi connectivity index (χ4v) is 4.50. The van der Waals surface area contributed by atoms with Crippen LogP contribution in [-0.2, 0) is 9.59 Å². The Balaban J connectivity index is 1.32. The van der Waals surface area contributed by atoms with E-state index in [9.17, 15) is 19.6 Å². The molecule has 2 unspecified atom stereocenters. The molecule has 9 nitrogen and oxygen atoms in total. The van der Waals surface area contributed by atoms with Crippen LogP contribution in [0.5, 0.6) is 5.75 Å². The minimum Gasteiger partial charge on any atom is -0.496 e. The highest BCUT2D eigenvalue weighted by molar-refractivity contribution is 6.15. The highest BCUT2D eigenvalue weighted by Gasteiger charge is 2.32. The number of para-hydroxylation sites is 1. The second-order valence-corrected chi connectivity index (χ2v) is 9.12. The average Bonchev–Trinajstić information content (AvgIpc) is 3.50. The fraction of sp³-hybridized carbons (Fsp3) is 0.296. The first-order chi connectivity index (χ1) is 17.5. The molecule has 0 radical (unpaired) electrons. The van der Waals surface area contributed by atoms with Gasteiger partial charge in [-0.2, -0.15) is 5.26 Å². The van der Waals surface area contributed by atoms with Gasteiger partial charge in [-0.25, -0.2) is 4.99 Å². The summed E-state index contributed by atoms with van der Waals surface area (Å²) in [6.45, 7) is 0. The Kier molecular flexibility index (Phi) is 6.25. The number of benzene rings is 2. The Hall–Kier alpha value is -4.45. The summed E-state index contributed by atoms with van der Waals surface area (Å²) in [4.78, 5) is 45.7. The lowest BCUT2D eigenvalue weighted by Gasteiger charge is -2.20. The van der Waals surface area contributed by atoms with Crippen LogP contribution in [0.15, 0.2) is 53.5 Å². The van der Waals surface area contributed by atoms with Crippen molar-refractivity contribution in [3.8, 4) is 11.8 Å². The van der Waals surface area contributed by atoms with Crippen LogP contribution in [0, 0.1) is 17.2 Å². The zero-order chi connectivity index (χ0) is 25.2. The molecule has 182 valence electrons. The number of carbonyl (C=O) groups excluding carboxylic acids is 3. The van der Waals surface area contributed by atoms with Gasteiger partial charge in [0.2, 0.25) is 5.91 Å². The van der Waals surface area contributed by atoms with Gasteiger partial charge >= 0.3 is 0 Å². The number of hydrogen-bond donors (Lipinski definition) is 3. The Bertz CT molecular complexity index is 1530. The minimum atomic E-state index is -0.936. The Labute approximate surface area is 206 Å². The smallest absolute Gasteiger partial charge is 0.274 e. The molecular weight excluding hydrogens is 458 g/mol. The maximum atomic E-state index is 13.2. The molecule has 2 aliphatic rings. The Morgan fingerprint density at radius 1 is 1.19 bits per heavy atom. The quantitative estimate of drug-likeness (QED) is 0.424. The molecule has 3 aromatic rings. The van der Waals surface area contributed by atoms with Crippen LogP contribution in [0.1, 0.15) is 36.2 Å². The Morgan fingerprint density at radius 3 is 2.75 bits per heavy atom. The van der Waals surface area contributed by atoms with E-state index in [0.717, 1.165) is 23.7 Å². The van der Waals surface area contributed by atoms with E-state index in [-0.39, 0.29) is 6.42 Å². The van der Waals surface area contributed by atoms with Gasteiger partial charge < -0.3 is 20.4 Å². The van der Waals surface area contributed by atoms with E-state index >= 15 is 0 Å². The maximum absolute atomic E-state index is 13.2. The van der Waals surface area contributed by atoms with Crippen LogP contribution < -0.4 is 25.9 Å². The van der Waals surface area contributed by atoms with Gasteiger partial charge in [-0.3, -0.25) is 14.4 Å². The number of rotatable bonds is 9. The molecule has 2 atom stereocenters. The third kappa shape index (κ3) is 4.70. The molecule has 36 heavy (non-hydrogen) atoms. The van der Waals surface area contributed by atoms with E-state index in [2.05, 4.69) is 26.7 Å². The van der Waals surface area contributed by atoms with Crippen LogP contribution in [-0.4, -0.2) is 41.9 Å². The second-order valence-electron chi connectivity index (χ2n) is 9.12. The summed E-state index contributed by atoms with van der Waals surface area (Å²) < 4.78 is 5.36. The summed E-state index contributed by atoms with van der Waals surface area (Å²) in [6.07, 6.45) is 2.51. The number of carbonyl (C=O) groups is 3. The summed E-state index contributed by atoms with van der Waals surface area (Å²) in [5, 5.41) is 17.3. The van der Waals surface area contributed by atoms with Gasteiger partial charge in [0.25, 0.3) is 11.8 Å². The standard InChI is InChI=1S/C27H25N5O4/c1-36-24-8-4-7-21-19(24)13-23(30-21)27(35)32-22(11-15-9-10-15)26(34)29-16(14-28)12-18-17-5-2-3-6-20(17)31-25(18)33/h2-8,13,15-16,22,30H,9-12H2,1H3,(H,29,34)(H,32,35). The number of nitriles is 1. The number of nitrogens with zero attached hydrogens (tertiary/aromatic N) is 2. The lowest BCUT2D eigenvalue weighted by atomic mass is 10.0. The first-order valence-electron chi connectivity index (χ1n) is 11.8. The molecule has 3 amide bonds. The highest BCUT2D eigenvalue weighted by atomic mass is 16.5. The number of aromatic amines is 1. The average molecular weight is 484 g/mol. The Morgan fingerprint density at radius 2 is 2.00 bits per heavy atom. The number of fused-ring (bicyclic) bond motifs is 2. The largest absolute Gasteiger partial charge is 0.496 e. The molecule has 3 N–H and O–H groups in total. The lowest BCUT2D eigenvalue weighted by Crippen LogP contribution is -2.50. The van der Waals surface area contributed by atoms with Crippen LogP contribution in [0.4, 0.5) is 0 Å². The number of amides is 3. The van der Waals surface area contributed by atoms with Gasteiger partial charge in [0.1, 0.15) is 23.5 Å². The van der Waals surface area contributed by atoms with Crippen molar-refractivity contribution in [2.45, 2.75) is 37.8 Å². The second kappa shape index (κ2) is 9.66. The van der Waals surface area contributed by atoms with E-state index in [1.54, 1.807) is 37.4 Å². The molecule has 2 aromatic carbocycles. The summed E-state index contributed by atoms with van der Waals surface area (Å²) in [6, 6.07) is 14.6. The summed E-state index contributed by atoms with van der Waals surface area (Å²) in [5.74, 6) is -0.287. The molecule has 1 fully saturated rings. The number of hydrogen-bond acceptors (Lipinski definition) is 5. The molecule has 1 aliphatic heterocycles.